The van der Waals surface area contributed by atoms with Crippen LogP contribution in [0.25, 0.3) is 5.69 Å². The van der Waals surface area contributed by atoms with Gasteiger partial charge in [-0.05, 0) is 43.0 Å². The van der Waals surface area contributed by atoms with Crippen molar-refractivity contribution in [3.05, 3.63) is 47.2 Å². The van der Waals surface area contributed by atoms with Gasteiger partial charge in [0.2, 0.25) is 6.08 Å². The van der Waals surface area contributed by atoms with Crippen molar-refractivity contribution in [1.82, 2.24) is 9.78 Å². The monoisotopic (exact) mass is 273 g/mol. The Hall–Kier alpha value is -1.90. The van der Waals surface area contributed by atoms with E-state index in [1.807, 2.05) is 30.5 Å². The number of rotatable bonds is 3. The lowest BCUT2D eigenvalue weighted by atomic mass is 9.72. The van der Waals surface area contributed by atoms with Gasteiger partial charge in [-0.1, -0.05) is 17.7 Å². The largest absolute Gasteiger partial charge is 0.239 e. The highest BCUT2D eigenvalue weighted by Gasteiger charge is 2.39. The number of isocyanates is 1. The normalized spacial score (nSPS) is 16.5. The van der Waals surface area contributed by atoms with Crippen LogP contribution in [0.15, 0.2) is 41.7 Å². The van der Waals surface area contributed by atoms with E-state index < -0.39 is 5.54 Å². The quantitative estimate of drug-likeness (QED) is 0.637. The van der Waals surface area contributed by atoms with Gasteiger partial charge in [0.1, 0.15) is 0 Å². The third-order valence-corrected chi connectivity index (χ3v) is 3.98. The molecule has 19 heavy (non-hydrogen) atoms. The topological polar surface area (TPSA) is 47.2 Å². The van der Waals surface area contributed by atoms with E-state index in [2.05, 4.69) is 10.1 Å². The van der Waals surface area contributed by atoms with Crippen LogP contribution in [-0.2, 0) is 10.3 Å². The fourth-order valence-corrected chi connectivity index (χ4v) is 2.72. The maximum Gasteiger partial charge on any atom is 0.235 e. The van der Waals surface area contributed by atoms with E-state index in [9.17, 15) is 4.79 Å². The van der Waals surface area contributed by atoms with Gasteiger partial charge in [0, 0.05) is 12.4 Å². The van der Waals surface area contributed by atoms with Crippen molar-refractivity contribution >= 4 is 17.7 Å². The minimum Gasteiger partial charge on any atom is -0.239 e. The molecule has 5 heteroatoms. The van der Waals surface area contributed by atoms with Crippen molar-refractivity contribution in [1.29, 1.82) is 0 Å². The zero-order valence-corrected chi connectivity index (χ0v) is 11.0. The Bertz CT molecular complexity index is 641. The molecule has 0 radical (unpaired) electrons. The lowest BCUT2D eigenvalue weighted by molar-refractivity contribution is 0.256. The standard InChI is InChI=1S/C14H12ClN3O/c15-12-9-11(14(16-10-19)5-1-6-14)3-4-13(12)18-8-2-7-17-18/h2-4,7-9H,1,5-6H2. The molecule has 1 aliphatic rings. The molecule has 96 valence electrons. The van der Waals surface area contributed by atoms with Crippen LogP contribution in [0.1, 0.15) is 24.8 Å². The number of hydrogen-bond acceptors (Lipinski definition) is 3. The summed E-state index contributed by atoms with van der Waals surface area (Å²) < 4.78 is 1.71. The average Bonchev–Trinajstić information content (AvgIpc) is 2.87. The highest BCUT2D eigenvalue weighted by atomic mass is 35.5. The fourth-order valence-electron chi connectivity index (χ4n) is 2.46. The Balaban J connectivity index is 2.02. The van der Waals surface area contributed by atoms with E-state index in [-0.39, 0.29) is 0 Å². The van der Waals surface area contributed by atoms with E-state index in [1.165, 1.54) is 0 Å². The molecule has 4 nitrogen and oxygen atoms in total. The molecule has 0 bridgehead atoms. The molecule has 1 aliphatic carbocycles. The lowest BCUT2D eigenvalue weighted by Gasteiger charge is -2.37. The molecule has 2 aromatic rings. The third-order valence-electron chi connectivity index (χ3n) is 3.68. The maximum atomic E-state index is 10.6. The van der Waals surface area contributed by atoms with Gasteiger partial charge in [0.15, 0.2) is 0 Å². The SMILES string of the molecule is O=C=NC1(c2ccc(-n3cccn3)c(Cl)c2)CCC1. The molecule has 1 fully saturated rings. The summed E-state index contributed by atoms with van der Waals surface area (Å²) in [7, 11) is 0. The zero-order chi connectivity index (χ0) is 13.3. The third kappa shape index (κ3) is 1.99. The molecular weight excluding hydrogens is 262 g/mol. The maximum absolute atomic E-state index is 10.6. The zero-order valence-electron chi connectivity index (χ0n) is 10.2. The number of nitrogens with zero attached hydrogens (tertiary/aromatic N) is 3. The minimum atomic E-state index is -0.409. The van der Waals surface area contributed by atoms with Crippen molar-refractivity contribution in [3.8, 4) is 5.69 Å². The Kier molecular flexibility index (Phi) is 2.97. The number of halogens is 1. The van der Waals surface area contributed by atoms with E-state index in [0.717, 1.165) is 30.5 Å². The molecule has 0 spiro atoms. The summed E-state index contributed by atoms with van der Waals surface area (Å²) in [6.45, 7) is 0. The van der Waals surface area contributed by atoms with Crippen molar-refractivity contribution in [2.75, 3.05) is 0 Å². The first kappa shape index (κ1) is 12.2. The molecule has 0 aliphatic heterocycles. The van der Waals surface area contributed by atoms with Crippen LogP contribution in [0.4, 0.5) is 0 Å². The van der Waals surface area contributed by atoms with Crippen LogP contribution in [0.2, 0.25) is 5.02 Å². The predicted octanol–water partition coefficient (Wildman–Crippen LogP) is 3.24. The molecule has 1 saturated carbocycles. The van der Waals surface area contributed by atoms with Crippen LogP contribution in [0, 0.1) is 0 Å². The number of aromatic nitrogens is 2. The molecule has 3 rings (SSSR count). The van der Waals surface area contributed by atoms with Gasteiger partial charge < -0.3 is 0 Å². The number of benzene rings is 1. The second-order valence-corrected chi connectivity index (χ2v) is 5.11. The Morgan fingerprint density at radius 1 is 1.42 bits per heavy atom. The summed E-state index contributed by atoms with van der Waals surface area (Å²) in [5.74, 6) is 0. The molecule has 0 atom stereocenters. The highest BCUT2D eigenvalue weighted by molar-refractivity contribution is 6.32. The van der Waals surface area contributed by atoms with Gasteiger partial charge in [-0.15, -0.1) is 0 Å². The molecule has 1 aromatic carbocycles. The van der Waals surface area contributed by atoms with E-state index >= 15 is 0 Å². The Labute approximate surface area is 115 Å². The molecule has 0 saturated heterocycles. The Morgan fingerprint density at radius 3 is 2.79 bits per heavy atom. The van der Waals surface area contributed by atoms with Crippen LogP contribution in [0.3, 0.4) is 0 Å². The summed E-state index contributed by atoms with van der Waals surface area (Å²) in [4.78, 5) is 14.6. The van der Waals surface area contributed by atoms with Gasteiger partial charge >= 0.3 is 0 Å². The summed E-state index contributed by atoms with van der Waals surface area (Å²) in [5.41, 5.74) is 1.39. The minimum absolute atomic E-state index is 0.409. The lowest BCUT2D eigenvalue weighted by Crippen LogP contribution is -2.31. The van der Waals surface area contributed by atoms with E-state index in [4.69, 9.17) is 11.6 Å². The number of hydrogen-bond donors (Lipinski definition) is 0. The second kappa shape index (κ2) is 4.65. The first-order valence-corrected chi connectivity index (χ1v) is 6.52. The fraction of sp³-hybridized carbons (Fsp3) is 0.286. The number of carbonyl (C=O) groups excluding carboxylic acids is 1. The molecule has 0 N–H and O–H groups in total. The average molecular weight is 274 g/mol. The number of aliphatic imine (C=N–C) groups is 1. The van der Waals surface area contributed by atoms with Crippen LogP contribution in [0.5, 0.6) is 0 Å². The Morgan fingerprint density at radius 2 is 2.26 bits per heavy atom. The van der Waals surface area contributed by atoms with Crippen molar-refractivity contribution < 1.29 is 4.79 Å². The molecular formula is C14H12ClN3O. The van der Waals surface area contributed by atoms with Crippen LogP contribution in [-0.4, -0.2) is 15.9 Å². The van der Waals surface area contributed by atoms with Crippen molar-refractivity contribution in [2.24, 2.45) is 4.99 Å². The van der Waals surface area contributed by atoms with E-state index in [1.54, 1.807) is 17.0 Å². The molecule has 1 aromatic heterocycles. The first-order chi connectivity index (χ1) is 9.25. The van der Waals surface area contributed by atoms with Gasteiger partial charge in [-0.3, -0.25) is 0 Å². The van der Waals surface area contributed by atoms with Crippen molar-refractivity contribution in [2.45, 2.75) is 24.8 Å². The smallest absolute Gasteiger partial charge is 0.235 e. The predicted molar refractivity (Wildman–Crippen MR) is 72.2 cm³/mol. The first-order valence-electron chi connectivity index (χ1n) is 6.14. The summed E-state index contributed by atoms with van der Waals surface area (Å²) in [6, 6.07) is 7.58. The molecule has 1 heterocycles. The van der Waals surface area contributed by atoms with E-state index in [0.29, 0.717) is 5.02 Å². The second-order valence-electron chi connectivity index (χ2n) is 4.71. The van der Waals surface area contributed by atoms with Gasteiger partial charge in [0.25, 0.3) is 0 Å². The van der Waals surface area contributed by atoms with Gasteiger partial charge in [-0.25, -0.2) is 9.48 Å². The van der Waals surface area contributed by atoms with Crippen molar-refractivity contribution in [3.63, 3.8) is 0 Å². The highest BCUT2D eigenvalue weighted by Crippen LogP contribution is 2.45. The van der Waals surface area contributed by atoms with Crippen LogP contribution < -0.4 is 0 Å². The van der Waals surface area contributed by atoms with Crippen LogP contribution >= 0.6 is 11.6 Å². The summed E-state index contributed by atoms with van der Waals surface area (Å²) in [5, 5.41) is 4.76. The van der Waals surface area contributed by atoms with Gasteiger partial charge in [-0.2, -0.15) is 10.1 Å². The molecule has 0 amide bonds. The summed E-state index contributed by atoms with van der Waals surface area (Å²) >= 11 is 6.31. The molecule has 0 unspecified atom stereocenters. The summed E-state index contributed by atoms with van der Waals surface area (Å²) in [6.07, 6.45) is 8.05. The van der Waals surface area contributed by atoms with Gasteiger partial charge in [0.05, 0.1) is 16.2 Å².